The van der Waals surface area contributed by atoms with E-state index in [-0.39, 0.29) is 12.2 Å². The lowest BCUT2D eigenvalue weighted by atomic mass is 10.2. The number of hydrogen-bond donors (Lipinski definition) is 1. The van der Waals surface area contributed by atoms with Crippen LogP contribution in [-0.4, -0.2) is 9.55 Å². The third-order valence-electron chi connectivity index (χ3n) is 2.64. The molecule has 2 aromatic rings. The van der Waals surface area contributed by atoms with Gasteiger partial charge < -0.3 is 9.88 Å². The van der Waals surface area contributed by atoms with E-state index in [1.54, 1.807) is 24.0 Å². The monoisotopic (exact) mass is 273 g/mol. The predicted molar refractivity (Wildman–Crippen MR) is 61.9 cm³/mol. The normalized spacial score (nSPS) is 11.6. The molecule has 1 N–H and O–H groups in total. The van der Waals surface area contributed by atoms with Crippen LogP contribution in [0.15, 0.2) is 30.6 Å². The van der Waals surface area contributed by atoms with E-state index in [1.807, 2.05) is 0 Å². The molecule has 0 atom stereocenters. The maximum absolute atomic E-state index is 13.1. The van der Waals surface area contributed by atoms with Gasteiger partial charge in [0, 0.05) is 25.1 Å². The number of alkyl halides is 3. The average Bonchev–Trinajstić information content (AvgIpc) is 2.72. The van der Waals surface area contributed by atoms with Crippen molar-refractivity contribution in [3.63, 3.8) is 0 Å². The van der Waals surface area contributed by atoms with Crippen molar-refractivity contribution in [3.8, 4) is 0 Å². The molecule has 1 aromatic heterocycles. The lowest BCUT2D eigenvalue weighted by molar-refractivity contribution is -0.139. The fraction of sp³-hybridized carbons (Fsp3) is 0.250. The molecule has 1 aromatic carbocycles. The van der Waals surface area contributed by atoms with Crippen molar-refractivity contribution in [2.45, 2.75) is 12.7 Å². The number of hydrogen-bond acceptors (Lipinski definition) is 2. The minimum absolute atomic E-state index is 0.191. The molecule has 0 spiro atoms. The summed E-state index contributed by atoms with van der Waals surface area (Å²) in [6, 6.07) is 2.80. The van der Waals surface area contributed by atoms with Gasteiger partial charge >= 0.3 is 6.18 Å². The fourth-order valence-electron chi connectivity index (χ4n) is 1.60. The molecule has 0 unspecified atom stereocenters. The zero-order chi connectivity index (χ0) is 14.0. The van der Waals surface area contributed by atoms with Gasteiger partial charge in [0.2, 0.25) is 0 Å². The first-order chi connectivity index (χ1) is 8.88. The zero-order valence-corrected chi connectivity index (χ0v) is 10.0. The second-order valence-corrected chi connectivity index (χ2v) is 4.00. The van der Waals surface area contributed by atoms with E-state index in [0.717, 1.165) is 12.1 Å². The molecule has 0 amide bonds. The zero-order valence-electron chi connectivity index (χ0n) is 10.0. The van der Waals surface area contributed by atoms with Crippen molar-refractivity contribution in [1.82, 2.24) is 9.55 Å². The van der Waals surface area contributed by atoms with Crippen molar-refractivity contribution < 1.29 is 17.6 Å². The van der Waals surface area contributed by atoms with E-state index in [1.165, 1.54) is 6.07 Å². The minimum Gasteiger partial charge on any atom is -0.378 e. The number of halogens is 4. The van der Waals surface area contributed by atoms with E-state index in [9.17, 15) is 17.6 Å². The number of imidazole rings is 1. The number of aromatic nitrogens is 2. The second kappa shape index (κ2) is 4.91. The van der Waals surface area contributed by atoms with Crippen molar-refractivity contribution in [2.24, 2.45) is 7.05 Å². The molecular formula is C12H11F4N3. The van der Waals surface area contributed by atoms with Gasteiger partial charge in [0.1, 0.15) is 11.6 Å². The first kappa shape index (κ1) is 13.4. The summed E-state index contributed by atoms with van der Waals surface area (Å²) in [5.74, 6) is -0.618. The van der Waals surface area contributed by atoms with Gasteiger partial charge in [-0.15, -0.1) is 0 Å². The van der Waals surface area contributed by atoms with Crippen LogP contribution in [0.5, 0.6) is 0 Å². The summed E-state index contributed by atoms with van der Waals surface area (Å²) in [5.41, 5.74) is -1.09. The molecule has 3 nitrogen and oxygen atoms in total. The summed E-state index contributed by atoms with van der Waals surface area (Å²) < 4.78 is 52.4. The SMILES string of the molecule is Cn1ccnc1CNc1ccc(F)c(C(F)(F)F)c1. The Kier molecular flexibility index (Phi) is 3.46. The van der Waals surface area contributed by atoms with Crippen LogP contribution in [-0.2, 0) is 19.8 Å². The van der Waals surface area contributed by atoms with Gasteiger partial charge in [-0.3, -0.25) is 0 Å². The molecule has 19 heavy (non-hydrogen) atoms. The smallest absolute Gasteiger partial charge is 0.378 e. The van der Waals surface area contributed by atoms with Crippen molar-refractivity contribution in [2.75, 3.05) is 5.32 Å². The Hall–Kier alpha value is -2.05. The maximum Gasteiger partial charge on any atom is 0.419 e. The number of nitrogens with zero attached hydrogens (tertiary/aromatic N) is 2. The Morgan fingerprint density at radius 3 is 2.63 bits per heavy atom. The Balaban J connectivity index is 2.16. The predicted octanol–water partition coefficient (Wildman–Crippen LogP) is 3.19. The van der Waals surface area contributed by atoms with Gasteiger partial charge in [-0.05, 0) is 18.2 Å². The third kappa shape index (κ3) is 3.04. The van der Waals surface area contributed by atoms with Crippen molar-refractivity contribution in [1.29, 1.82) is 0 Å². The molecule has 0 radical (unpaired) electrons. The lowest BCUT2D eigenvalue weighted by Crippen LogP contribution is -2.10. The van der Waals surface area contributed by atoms with E-state index >= 15 is 0 Å². The van der Waals surface area contributed by atoms with Gasteiger partial charge in [0.05, 0.1) is 12.1 Å². The van der Waals surface area contributed by atoms with Gasteiger partial charge in [0.15, 0.2) is 0 Å². The summed E-state index contributed by atoms with van der Waals surface area (Å²) in [7, 11) is 1.77. The first-order valence-corrected chi connectivity index (χ1v) is 5.45. The van der Waals surface area contributed by atoms with Crippen molar-refractivity contribution in [3.05, 3.63) is 47.8 Å². The molecule has 0 aliphatic heterocycles. The third-order valence-corrected chi connectivity index (χ3v) is 2.64. The van der Waals surface area contributed by atoms with Crippen LogP contribution in [0.1, 0.15) is 11.4 Å². The second-order valence-electron chi connectivity index (χ2n) is 4.00. The Bertz CT molecular complexity index is 575. The summed E-state index contributed by atoms with van der Waals surface area (Å²) in [6.45, 7) is 0.256. The van der Waals surface area contributed by atoms with Crippen LogP contribution in [0.4, 0.5) is 23.2 Å². The summed E-state index contributed by atoms with van der Waals surface area (Å²) >= 11 is 0. The number of anilines is 1. The van der Waals surface area contributed by atoms with Gasteiger partial charge in [-0.25, -0.2) is 9.37 Å². The van der Waals surface area contributed by atoms with Crippen LogP contribution in [0.3, 0.4) is 0 Å². The Labute approximate surface area is 106 Å². The van der Waals surface area contributed by atoms with Gasteiger partial charge in [-0.2, -0.15) is 13.2 Å². The highest BCUT2D eigenvalue weighted by Crippen LogP contribution is 2.33. The molecule has 7 heteroatoms. The Morgan fingerprint density at radius 1 is 1.32 bits per heavy atom. The highest BCUT2D eigenvalue weighted by atomic mass is 19.4. The van der Waals surface area contributed by atoms with Crippen LogP contribution in [0.2, 0.25) is 0 Å². The lowest BCUT2D eigenvalue weighted by Gasteiger charge is -2.11. The maximum atomic E-state index is 13.1. The number of rotatable bonds is 3. The van der Waals surface area contributed by atoms with E-state index in [2.05, 4.69) is 10.3 Å². The van der Waals surface area contributed by atoms with E-state index < -0.39 is 17.6 Å². The fourth-order valence-corrected chi connectivity index (χ4v) is 1.60. The van der Waals surface area contributed by atoms with Crippen LogP contribution in [0.25, 0.3) is 0 Å². The summed E-state index contributed by atoms with van der Waals surface area (Å²) in [4.78, 5) is 4.02. The molecule has 2 rings (SSSR count). The molecule has 0 aliphatic rings. The van der Waals surface area contributed by atoms with Crippen molar-refractivity contribution >= 4 is 5.69 Å². The number of aryl methyl sites for hydroxylation is 1. The summed E-state index contributed by atoms with van der Waals surface area (Å²) in [6.07, 6.45) is -1.39. The molecular weight excluding hydrogens is 262 g/mol. The molecule has 0 aliphatic carbocycles. The van der Waals surface area contributed by atoms with E-state index in [0.29, 0.717) is 5.82 Å². The average molecular weight is 273 g/mol. The van der Waals surface area contributed by atoms with Crippen LogP contribution in [0, 0.1) is 5.82 Å². The van der Waals surface area contributed by atoms with Crippen LogP contribution < -0.4 is 5.32 Å². The molecule has 0 fully saturated rings. The Morgan fingerprint density at radius 2 is 2.05 bits per heavy atom. The molecule has 102 valence electrons. The van der Waals surface area contributed by atoms with Crippen LogP contribution >= 0.6 is 0 Å². The molecule has 0 saturated heterocycles. The van der Waals surface area contributed by atoms with Gasteiger partial charge in [0.25, 0.3) is 0 Å². The van der Waals surface area contributed by atoms with E-state index in [4.69, 9.17) is 0 Å². The highest BCUT2D eigenvalue weighted by Gasteiger charge is 2.34. The summed E-state index contributed by atoms with van der Waals surface area (Å²) in [5, 5.41) is 2.78. The number of benzene rings is 1. The quantitative estimate of drug-likeness (QED) is 0.870. The standard InChI is InChI=1S/C12H11F4N3/c1-19-5-4-17-11(19)7-18-8-2-3-10(13)9(6-8)12(14,15)16/h2-6,18H,7H2,1H3. The highest BCUT2D eigenvalue weighted by molar-refractivity contribution is 5.47. The first-order valence-electron chi connectivity index (χ1n) is 5.45. The molecule has 0 bridgehead atoms. The number of nitrogens with one attached hydrogen (secondary N) is 1. The molecule has 1 heterocycles. The minimum atomic E-state index is -4.70. The largest absolute Gasteiger partial charge is 0.419 e. The van der Waals surface area contributed by atoms with Gasteiger partial charge in [-0.1, -0.05) is 0 Å². The topological polar surface area (TPSA) is 29.9 Å². The molecule has 0 saturated carbocycles.